The Labute approximate surface area is 183 Å². The Morgan fingerprint density at radius 3 is 2.00 bits per heavy atom. The molecule has 0 spiro atoms. The molecule has 0 aliphatic carbocycles. The molecule has 0 nitrogen and oxygen atoms in total. The molecule has 158 valence electrons. The van der Waals surface area contributed by atoms with Crippen molar-refractivity contribution in [2.75, 3.05) is 0 Å². The lowest BCUT2D eigenvalue weighted by molar-refractivity contribution is 0.626. The van der Waals surface area contributed by atoms with Crippen LogP contribution in [-0.2, 0) is 6.42 Å². The number of rotatable bonds is 8. The molecule has 0 aliphatic rings. The molecule has 0 fully saturated rings. The van der Waals surface area contributed by atoms with Crippen LogP contribution in [0, 0.1) is 11.6 Å². The summed E-state index contributed by atoms with van der Waals surface area (Å²) in [6, 6.07) is 24.1. The van der Waals surface area contributed by atoms with Gasteiger partial charge in [0.1, 0.15) is 11.6 Å². The molecule has 2 heteroatoms. The molecule has 0 unspecified atom stereocenters. The highest BCUT2D eigenvalue weighted by Crippen LogP contribution is 2.30. The maximum absolute atomic E-state index is 14.8. The van der Waals surface area contributed by atoms with Crippen LogP contribution in [0.15, 0.2) is 78.9 Å². The van der Waals surface area contributed by atoms with Crippen LogP contribution in [0.1, 0.15) is 44.6 Å². The molecule has 4 aromatic rings. The summed E-state index contributed by atoms with van der Waals surface area (Å²) < 4.78 is 27.9. The predicted molar refractivity (Wildman–Crippen MR) is 127 cm³/mol. The van der Waals surface area contributed by atoms with Gasteiger partial charge in [-0.05, 0) is 70.1 Å². The summed E-state index contributed by atoms with van der Waals surface area (Å²) in [5.41, 5.74) is 4.36. The molecule has 4 aromatic carbocycles. The van der Waals surface area contributed by atoms with E-state index in [-0.39, 0.29) is 11.6 Å². The van der Waals surface area contributed by atoms with E-state index < -0.39 is 0 Å². The van der Waals surface area contributed by atoms with E-state index in [1.165, 1.54) is 55.2 Å². The first-order chi connectivity index (χ1) is 15.1. The fraction of sp³-hybridized carbons (Fsp3) is 0.241. The average molecular weight is 415 g/mol. The largest absolute Gasteiger partial charge is 0.207 e. The van der Waals surface area contributed by atoms with Gasteiger partial charge >= 0.3 is 0 Å². The summed E-state index contributed by atoms with van der Waals surface area (Å²) in [4.78, 5) is 0. The first-order valence-electron chi connectivity index (χ1n) is 11.2. The zero-order valence-corrected chi connectivity index (χ0v) is 18.0. The van der Waals surface area contributed by atoms with Gasteiger partial charge in [-0.1, -0.05) is 87.2 Å². The number of fused-ring (bicyclic) bond motifs is 1. The molecule has 31 heavy (non-hydrogen) atoms. The molecule has 0 atom stereocenters. The van der Waals surface area contributed by atoms with Crippen LogP contribution in [-0.4, -0.2) is 0 Å². The van der Waals surface area contributed by atoms with Crippen LogP contribution in [0.4, 0.5) is 8.78 Å². The van der Waals surface area contributed by atoms with E-state index in [0.717, 1.165) is 22.9 Å². The van der Waals surface area contributed by atoms with Gasteiger partial charge in [0.25, 0.3) is 0 Å². The average Bonchev–Trinajstić information content (AvgIpc) is 2.79. The van der Waals surface area contributed by atoms with E-state index in [9.17, 15) is 8.78 Å². The van der Waals surface area contributed by atoms with Gasteiger partial charge in [-0.3, -0.25) is 0 Å². The quantitative estimate of drug-likeness (QED) is 0.252. The molecule has 0 heterocycles. The number of hydrogen-bond donors (Lipinski definition) is 0. The van der Waals surface area contributed by atoms with Gasteiger partial charge < -0.3 is 0 Å². The van der Waals surface area contributed by atoms with Crippen molar-refractivity contribution in [3.63, 3.8) is 0 Å². The maximum atomic E-state index is 14.8. The van der Waals surface area contributed by atoms with Crippen LogP contribution in [0.25, 0.3) is 33.0 Å². The molecule has 0 saturated heterocycles. The predicted octanol–water partition coefficient (Wildman–Crippen LogP) is 8.96. The lowest BCUT2D eigenvalue weighted by Crippen LogP contribution is -1.89. The van der Waals surface area contributed by atoms with Crippen molar-refractivity contribution in [1.82, 2.24) is 0 Å². The van der Waals surface area contributed by atoms with Crippen LogP contribution in [0.2, 0.25) is 0 Å². The number of hydrogen-bond acceptors (Lipinski definition) is 0. The van der Waals surface area contributed by atoms with Crippen LogP contribution in [0.5, 0.6) is 0 Å². The van der Waals surface area contributed by atoms with Crippen LogP contribution < -0.4 is 0 Å². The highest BCUT2D eigenvalue weighted by Gasteiger charge is 2.08. The van der Waals surface area contributed by atoms with E-state index in [2.05, 4.69) is 43.3 Å². The SMILES string of the molecule is CCCCCCCc1ccc2cc(-c3ccc(-c4ccc(F)cc4)c(F)c3)ccc2c1. The van der Waals surface area contributed by atoms with Crippen molar-refractivity contribution >= 4 is 10.8 Å². The van der Waals surface area contributed by atoms with Crippen molar-refractivity contribution in [3.05, 3.63) is 96.1 Å². The molecular formula is C29H28F2. The minimum absolute atomic E-state index is 0.303. The van der Waals surface area contributed by atoms with Gasteiger partial charge in [-0.25, -0.2) is 8.78 Å². The summed E-state index contributed by atoms with van der Waals surface area (Å²) in [6.45, 7) is 2.24. The fourth-order valence-corrected chi connectivity index (χ4v) is 4.12. The highest BCUT2D eigenvalue weighted by molar-refractivity contribution is 5.88. The van der Waals surface area contributed by atoms with E-state index in [0.29, 0.717) is 11.1 Å². The normalized spacial score (nSPS) is 11.2. The summed E-state index contributed by atoms with van der Waals surface area (Å²) in [5.74, 6) is -0.626. The second kappa shape index (κ2) is 9.87. The summed E-state index contributed by atoms with van der Waals surface area (Å²) in [7, 11) is 0. The van der Waals surface area contributed by atoms with E-state index in [4.69, 9.17) is 0 Å². The topological polar surface area (TPSA) is 0 Å². The highest BCUT2D eigenvalue weighted by atomic mass is 19.1. The van der Waals surface area contributed by atoms with E-state index >= 15 is 0 Å². The number of unbranched alkanes of at least 4 members (excludes halogenated alkanes) is 4. The molecule has 0 radical (unpaired) electrons. The Kier molecular flexibility index (Phi) is 6.76. The Hall–Kier alpha value is -3.00. The minimum Gasteiger partial charge on any atom is -0.207 e. The summed E-state index contributed by atoms with van der Waals surface area (Å²) >= 11 is 0. The Morgan fingerprint density at radius 1 is 0.581 bits per heavy atom. The van der Waals surface area contributed by atoms with Crippen LogP contribution in [0.3, 0.4) is 0 Å². The van der Waals surface area contributed by atoms with Crippen molar-refractivity contribution in [3.8, 4) is 22.3 Å². The van der Waals surface area contributed by atoms with Gasteiger partial charge in [0.15, 0.2) is 0 Å². The van der Waals surface area contributed by atoms with Crippen molar-refractivity contribution in [2.24, 2.45) is 0 Å². The van der Waals surface area contributed by atoms with Crippen molar-refractivity contribution in [2.45, 2.75) is 45.4 Å². The number of benzene rings is 4. The van der Waals surface area contributed by atoms with Gasteiger partial charge in [0.2, 0.25) is 0 Å². The zero-order chi connectivity index (χ0) is 21.6. The maximum Gasteiger partial charge on any atom is 0.131 e. The van der Waals surface area contributed by atoms with Crippen molar-refractivity contribution in [1.29, 1.82) is 0 Å². The molecule has 0 N–H and O–H groups in total. The lowest BCUT2D eigenvalue weighted by Gasteiger charge is -2.09. The fourth-order valence-electron chi connectivity index (χ4n) is 4.12. The molecule has 0 bridgehead atoms. The smallest absolute Gasteiger partial charge is 0.131 e. The third kappa shape index (κ3) is 5.19. The van der Waals surface area contributed by atoms with Gasteiger partial charge in [0, 0.05) is 5.56 Å². The van der Waals surface area contributed by atoms with Gasteiger partial charge in [0.05, 0.1) is 0 Å². The molecule has 0 aliphatic heterocycles. The first kappa shape index (κ1) is 21.2. The summed E-state index contributed by atoms with van der Waals surface area (Å²) in [6.07, 6.45) is 7.58. The zero-order valence-electron chi connectivity index (χ0n) is 18.0. The Bertz CT molecular complexity index is 1160. The third-order valence-electron chi connectivity index (χ3n) is 5.93. The lowest BCUT2D eigenvalue weighted by atomic mass is 9.96. The van der Waals surface area contributed by atoms with Crippen molar-refractivity contribution < 1.29 is 8.78 Å². The molecule has 0 saturated carbocycles. The third-order valence-corrected chi connectivity index (χ3v) is 5.93. The number of aryl methyl sites for hydroxylation is 1. The first-order valence-corrected chi connectivity index (χ1v) is 11.2. The van der Waals surface area contributed by atoms with Gasteiger partial charge in [-0.15, -0.1) is 0 Å². The monoisotopic (exact) mass is 414 g/mol. The molecule has 0 aromatic heterocycles. The molecule has 4 rings (SSSR count). The number of halogens is 2. The van der Waals surface area contributed by atoms with Gasteiger partial charge in [-0.2, -0.15) is 0 Å². The second-order valence-electron chi connectivity index (χ2n) is 8.26. The Morgan fingerprint density at radius 2 is 1.23 bits per heavy atom. The van der Waals surface area contributed by atoms with E-state index in [1.807, 2.05) is 6.07 Å². The molecular weight excluding hydrogens is 386 g/mol. The van der Waals surface area contributed by atoms with Crippen LogP contribution >= 0.6 is 0 Å². The summed E-state index contributed by atoms with van der Waals surface area (Å²) in [5, 5.41) is 2.38. The minimum atomic E-state index is -0.323. The molecule has 0 amide bonds. The second-order valence-corrected chi connectivity index (χ2v) is 8.26. The standard InChI is InChI=1S/C29H28F2/c1-2-3-4-5-6-7-21-8-9-24-19-25(11-10-23(24)18-21)26-14-17-28(29(31)20-26)22-12-15-27(30)16-13-22/h8-20H,2-7H2,1H3. The van der Waals surface area contributed by atoms with E-state index in [1.54, 1.807) is 24.3 Å². The Balaban J connectivity index is 1.52.